The Bertz CT molecular complexity index is 2970. The lowest BCUT2D eigenvalue weighted by Gasteiger charge is -2.21. The standard InChI is InChI=1S/C45H29N4OP/c1-28-21-30(27-47)23-39-35-12-6-8-14-41(35)49(45(28)39)32-17-20-44-38(25-32)37-24-31(16-19-43(37)51(44,50)33-9-3-2-4-10-33)48-40-13-7-5-11-34(40)36-22-29(26-46)15-18-42(36)48/h2-20,22-25,28H,21H2,1H3. The van der Waals surface area contributed by atoms with Crippen molar-refractivity contribution in [1.29, 1.82) is 10.5 Å². The molecule has 1 aliphatic carbocycles. The van der Waals surface area contributed by atoms with E-state index in [0.717, 1.165) is 82.3 Å². The van der Waals surface area contributed by atoms with Gasteiger partial charge in [0.2, 0.25) is 0 Å². The van der Waals surface area contributed by atoms with E-state index in [1.54, 1.807) is 0 Å². The molecule has 10 rings (SSSR count). The van der Waals surface area contributed by atoms with Crippen LogP contribution in [-0.4, -0.2) is 9.13 Å². The van der Waals surface area contributed by atoms with Crippen LogP contribution in [0.15, 0.2) is 139 Å². The first kappa shape index (κ1) is 29.5. The summed E-state index contributed by atoms with van der Waals surface area (Å²) in [7, 11) is -3.20. The highest BCUT2D eigenvalue weighted by Crippen LogP contribution is 2.53. The predicted octanol–water partition coefficient (Wildman–Crippen LogP) is 9.63. The van der Waals surface area contributed by atoms with E-state index >= 15 is 4.57 Å². The lowest BCUT2D eigenvalue weighted by atomic mass is 9.88. The van der Waals surface area contributed by atoms with Gasteiger partial charge in [0.15, 0.2) is 7.14 Å². The third-order valence-electron chi connectivity index (χ3n) is 10.8. The van der Waals surface area contributed by atoms with E-state index in [2.05, 4.69) is 107 Å². The Hall–Kier alpha value is -6.39. The quantitative estimate of drug-likeness (QED) is 0.176. The number of benzene rings is 6. The number of aromatic nitrogens is 2. The van der Waals surface area contributed by atoms with E-state index in [1.165, 1.54) is 5.69 Å². The molecular weight excluding hydrogens is 643 g/mol. The lowest BCUT2D eigenvalue weighted by Crippen LogP contribution is -2.21. The fourth-order valence-corrected chi connectivity index (χ4v) is 11.6. The minimum Gasteiger partial charge on any atom is -0.313 e. The molecule has 6 aromatic carbocycles. The van der Waals surface area contributed by atoms with Crippen LogP contribution in [0.2, 0.25) is 0 Å². The minimum absolute atomic E-state index is 0.145. The van der Waals surface area contributed by atoms with Gasteiger partial charge in [-0.25, -0.2) is 0 Å². The molecule has 5 nitrogen and oxygen atoms in total. The molecule has 3 heterocycles. The van der Waals surface area contributed by atoms with Crippen LogP contribution in [0.5, 0.6) is 0 Å². The van der Waals surface area contributed by atoms with Crippen molar-refractivity contribution in [2.24, 2.45) is 0 Å². The smallest absolute Gasteiger partial charge is 0.172 e. The zero-order valence-electron chi connectivity index (χ0n) is 27.7. The van der Waals surface area contributed by atoms with Gasteiger partial charge >= 0.3 is 0 Å². The van der Waals surface area contributed by atoms with Crippen molar-refractivity contribution < 1.29 is 4.57 Å². The molecule has 0 amide bonds. The second kappa shape index (κ2) is 10.8. The second-order valence-corrected chi connectivity index (χ2v) is 16.3. The maximum absolute atomic E-state index is 15.6. The SMILES string of the molecule is CC1CC(C#N)=Cc2c1n(-c1ccc3c(c1)-c1cc(-n4c5ccccc5c5cc(C#N)ccc54)ccc1P3(=O)c1ccccc1)c1ccccc21. The van der Waals surface area contributed by atoms with Crippen LogP contribution >= 0.6 is 7.14 Å². The zero-order valence-corrected chi connectivity index (χ0v) is 28.6. The van der Waals surface area contributed by atoms with Crippen molar-refractivity contribution in [1.82, 2.24) is 9.13 Å². The third-order valence-corrected chi connectivity index (χ3v) is 13.9. The first-order valence-corrected chi connectivity index (χ1v) is 18.8. The number of hydrogen-bond acceptors (Lipinski definition) is 3. The van der Waals surface area contributed by atoms with Crippen LogP contribution in [0.3, 0.4) is 0 Å². The van der Waals surface area contributed by atoms with E-state index in [4.69, 9.17) is 0 Å². The van der Waals surface area contributed by atoms with Gasteiger partial charge in [0, 0.05) is 66.2 Å². The van der Waals surface area contributed by atoms with Crippen molar-refractivity contribution in [2.75, 3.05) is 0 Å². The van der Waals surface area contributed by atoms with Crippen LogP contribution in [0.25, 0.3) is 61.3 Å². The van der Waals surface area contributed by atoms with Crippen molar-refractivity contribution in [3.8, 4) is 34.6 Å². The normalized spacial score (nSPS) is 17.5. The molecule has 0 saturated carbocycles. The summed E-state index contributed by atoms with van der Waals surface area (Å²) in [4.78, 5) is 0. The number of hydrogen-bond donors (Lipinski definition) is 0. The predicted molar refractivity (Wildman–Crippen MR) is 207 cm³/mol. The summed E-state index contributed by atoms with van der Waals surface area (Å²) in [5.74, 6) is 0.145. The molecule has 2 unspecified atom stereocenters. The summed E-state index contributed by atoms with van der Waals surface area (Å²) in [6, 6.07) is 49.9. The molecule has 6 heteroatoms. The van der Waals surface area contributed by atoms with Gasteiger partial charge in [-0.2, -0.15) is 10.5 Å². The van der Waals surface area contributed by atoms with Gasteiger partial charge in [-0.1, -0.05) is 73.7 Å². The van der Waals surface area contributed by atoms with Crippen LogP contribution in [0.1, 0.15) is 36.1 Å². The van der Waals surface area contributed by atoms with Gasteiger partial charge in [0.25, 0.3) is 0 Å². The summed E-state index contributed by atoms with van der Waals surface area (Å²) in [5, 5.41) is 25.2. The molecule has 8 aromatic rings. The molecule has 51 heavy (non-hydrogen) atoms. The van der Waals surface area contributed by atoms with E-state index < -0.39 is 7.14 Å². The number of fused-ring (bicyclic) bond motifs is 9. The van der Waals surface area contributed by atoms with Gasteiger partial charge in [-0.15, -0.1) is 0 Å². The van der Waals surface area contributed by atoms with Crippen molar-refractivity contribution in [2.45, 2.75) is 19.3 Å². The van der Waals surface area contributed by atoms with Gasteiger partial charge in [-0.05, 0) is 90.4 Å². The Kier molecular flexibility index (Phi) is 6.25. The number of allylic oxidation sites excluding steroid dienone is 1. The Morgan fingerprint density at radius 1 is 0.627 bits per heavy atom. The van der Waals surface area contributed by atoms with E-state index in [0.29, 0.717) is 12.0 Å². The molecule has 0 fully saturated rings. The van der Waals surface area contributed by atoms with E-state index in [1.807, 2.05) is 60.7 Å². The average molecular weight is 673 g/mol. The first-order chi connectivity index (χ1) is 25.0. The number of nitriles is 2. The highest BCUT2D eigenvalue weighted by atomic mass is 31.2. The minimum atomic E-state index is -3.20. The van der Waals surface area contributed by atoms with Crippen molar-refractivity contribution in [3.63, 3.8) is 0 Å². The van der Waals surface area contributed by atoms with Crippen LogP contribution in [-0.2, 0) is 4.57 Å². The Morgan fingerprint density at radius 2 is 1.24 bits per heavy atom. The summed E-state index contributed by atoms with van der Waals surface area (Å²) in [6.45, 7) is 2.20. The number of nitrogens with zero attached hydrogens (tertiary/aromatic N) is 4. The molecular formula is C45H29N4OP. The van der Waals surface area contributed by atoms with Gasteiger partial charge in [0.05, 0.1) is 34.3 Å². The average Bonchev–Trinajstić information content (AvgIpc) is 3.79. The summed E-state index contributed by atoms with van der Waals surface area (Å²) >= 11 is 0. The second-order valence-electron chi connectivity index (χ2n) is 13.6. The number of para-hydroxylation sites is 2. The highest BCUT2D eigenvalue weighted by molar-refractivity contribution is 7.86. The molecule has 2 aliphatic rings. The summed E-state index contributed by atoms with van der Waals surface area (Å²) in [5.41, 5.74) is 10.8. The monoisotopic (exact) mass is 672 g/mol. The molecule has 2 aromatic heterocycles. The molecule has 0 saturated heterocycles. The zero-order chi connectivity index (χ0) is 34.4. The van der Waals surface area contributed by atoms with Crippen molar-refractivity contribution in [3.05, 3.63) is 156 Å². The maximum Gasteiger partial charge on any atom is 0.172 e. The fraction of sp³-hybridized carbons (Fsp3) is 0.0667. The lowest BCUT2D eigenvalue weighted by molar-refractivity contribution is 0.593. The van der Waals surface area contributed by atoms with E-state index in [9.17, 15) is 10.5 Å². The first-order valence-electron chi connectivity index (χ1n) is 17.1. The van der Waals surface area contributed by atoms with Crippen LogP contribution in [0, 0.1) is 22.7 Å². The fourth-order valence-electron chi connectivity index (χ4n) is 8.61. The topological polar surface area (TPSA) is 74.5 Å². The Balaban J connectivity index is 1.25. The molecule has 2 atom stereocenters. The Morgan fingerprint density at radius 3 is 1.92 bits per heavy atom. The molecule has 0 radical (unpaired) electrons. The van der Waals surface area contributed by atoms with E-state index in [-0.39, 0.29) is 5.92 Å². The molecule has 0 N–H and O–H groups in total. The largest absolute Gasteiger partial charge is 0.313 e. The maximum atomic E-state index is 15.6. The van der Waals surface area contributed by atoms with Gasteiger partial charge in [0.1, 0.15) is 0 Å². The molecule has 0 bridgehead atoms. The summed E-state index contributed by atoms with van der Waals surface area (Å²) in [6.07, 6.45) is 2.74. The molecule has 1 aliphatic heterocycles. The van der Waals surface area contributed by atoms with Crippen LogP contribution in [0.4, 0.5) is 0 Å². The Labute approximate surface area is 294 Å². The molecule has 0 spiro atoms. The van der Waals surface area contributed by atoms with Crippen molar-refractivity contribution >= 4 is 61.8 Å². The van der Waals surface area contributed by atoms with Crippen LogP contribution < -0.4 is 15.9 Å². The summed E-state index contributed by atoms with van der Waals surface area (Å²) < 4.78 is 20.2. The van der Waals surface area contributed by atoms with Gasteiger partial charge < -0.3 is 13.7 Å². The van der Waals surface area contributed by atoms with Gasteiger partial charge in [-0.3, -0.25) is 0 Å². The molecule has 240 valence electrons. The third kappa shape index (κ3) is 4.05. The highest BCUT2D eigenvalue weighted by Gasteiger charge is 2.41. The number of rotatable bonds is 3.